The molecule has 3 heteroatoms. The van der Waals surface area contributed by atoms with E-state index in [0.29, 0.717) is 0 Å². The van der Waals surface area contributed by atoms with Gasteiger partial charge in [-0.3, -0.25) is 4.90 Å². The highest BCUT2D eigenvalue weighted by molar-refractivity contribution is 5.60. The maximum Gasteiger partial charge on any atom is 0.127 e. The molecule has 0 aromatic rings. The summed E-state index contributed by atoms with van der Waals surface area (Å²) >= 11 is 0. The maximum absolute atomic E-state index is 11.5. The molecule has 0 aromatic heterocycles. The van der Waals surface area contributed by atoms with Gasteiger partial charge >= 0.3 is 0 Å². The summed E-state index contributed by atoms with van der Waals surface area (Å²) in [4.78, 5) is 14.1. The second-order valence-corrected chi connectivity index (χ2v) is 6.48. The van der Waals surface area contributed by atoms with Crippen molar-refractivity contribution in [3.05, 3.63) is 0 Å². The maximum atomic E-state index is 11.5. The number of aldehydes is 1. The zero-order valence-electron chi connectivity index (χ0n) is 11.9. The standard InChI is InChI=1S/C15H27NO2/c1-13(2)5-8-16(14-3-4-14)11-15(12-17)6-9-18-10-7-15/h12-14H,3-11H2,1-2H3. The summed E-state index contributed by atoms with van der Waals surface area (Å²) in [6.07, 6.45) is 6.90. The Kier molecular flexibility index (Phi) is 4.79. The van der Waals surface area contributed by atoms with E-state index in [2.05, 4.69) is 18.7 Å². The second-order valence-electron chi connectivity index (χ2n) is 6.48. The summed E-state index contributed by atoms with van der Waals surface area (Å²) in [5.41, 5.74) is -0.127. The molecule has 1 aliphatic carbocycles. The minimum atomic E-state index is -0.127. The monoisotopic (exact) mass is 253 g/mol. The summed E-state index contributed by atoms with van der Waals surface area (Å²) in [5.74, 6) is 0.744. The van der Waals surface area contributed by atoms with Gasteiger partial charge in [0.2, 0.25) is 0 Å². The molecule has 0 N–H and O–H groups in total. The molecule has 2 rings (SSSR count). The summed E-state index contributed by atoms with van der Waals surface area (Å²) < 4.78 is 5.41. The van der Waals surface area contributed by atoms with E-state index in [-0.39, 0.29) is 5.41 Å². The average molecular weight is 253 g/mol. The lowest BCUT2D eigenvalue weighted by molar-refractivity contribution is -0.123. The van der Waals surface area contributed by atoms with Crippen molar-refractivity contribution in [3.8, 4) is 0 Å². The molecule has 0 atom stereocenters. The van der Waals surface area contributed by atoms with Crippen LogP contribution < -0.4 is 0 Å². The van der Waals surface area contributed by atoms with Crippen molar-refractivity contribution in [1.82, 2.24) is 4.90 Å². The zero-order valence-corrected chi connectivity index (χ0v) is 11.9. The molecule has 1 saturated heterocycles. The van der Waals surface area contributed by atoms with Gasteiger partial charge in [0.1, 0.15) is 6.29 Å². The molecule has 0 amide bonds. The smallest absolute Gasteiger partial charge is 0.127 e. The van der Waals surface area contributed by atoms with E-state index >= 15 is 0 Å². The Morgan fingerprint density at radius 1 is 1.33 bits per heavy atom. The summed E-state index contributed by atoms with van der Waals surface area (Å²) in [6.45, 7) is 8.16. The van der Waals surface area contributed by atoms with Gasteiger partial charge in [-0.1, -0.05) is 13.8 Å². The molecule has 0 spiro atoms. The Bertz CT molecular complexity index is 268. The lowest BCUT2D eigenvalue weighted by atomic mass is 9.81. The number of hydrogen-bond donors (Lipinski definition) is 0. The Labute approximate surface area is 111 Å². The number of ether oxygens (including phenoxy) is 1. The van der Waals surface area contributed by atoms with Crippen LogP contribution in [0, 0.1) is 11.3 Å². The first-order valence-electron chi connectivity index (χ1n) is 7.43. The van der Waals surface area contributed by atoms with Crippen molar-refractivity contribution in [3.63, 3.8) is 0 Å². The van der Waals surface area contributed by atoms with Gasteiger partial charge < -0.3 is 9.53 Å². The van der Waals surface area contributed by atoms with Crippen LogP contribution in [0.25, 0.3) is 0 Å². The van der Waals surface area contributed by atoms with Crippen LogP contribution in [0.3, 0.4) is 0 Å². The van der Waals surface area contributed by atoms with E-state index in [1.807, 2.05) is 0 Å². The molecule has 0 radical (unpaired) electrons. The van der Waals surface area contributed by atoms with E-state index in [4.69, 9.17) is 4.74 Å². The van der Waals surface area contributed by atoms with Crippen LogP contribution in [0.15, 0.2) is 0 Å². The van der Waals surface area contributed by atoms with Crippen molar-refractivity contribution in [2.45, 2.75) is 52.0 Å². The normalized spacial score (nSPS) is 23.6. The molecule has 3 nitrogen and oxygen atoms in total. The highest BCUT2D eigenvalue weighted by atomic mass is 16.5. The number of hydrogen-bond acceptors (Lipinski definition) is 3. The molecule has 18 heavy (non-hydrogen) atoms. The fourth-order valence-electron chi connectivity index (χ4n) is 2.75. The van der Waals surface area contributed by atoms with E-state index in [1.165, 1.54) is 25.5 Å². The van der Waals surface area contributed by atoms with Crippen LogP contribution in [0.4, 0.5) is 0 Å². The minimum Gasteiger partial charge on any atom is -0.381 e. The molecular weight excluding hydrogens is 226 g/mol. The number of carbonyl (C=O) groups excluding carboxylic acids is 1. The minimum absolute atomic E-state index is 0.127. The third-order valence-electron chi connectivity index (χ3n) is 4.31. The highest BCUT2D eigenvalue weighted by Crippen LogP contribution is 2.34. The molecule has 104 valence electrons. The van der Waals surface area contributed by atoms with Crippen LogP contribution in [0.1, 0.15) is 46.0 Å². The fraction of sp³-hybridized carbons (Fsp3) is 0.933. The fourth-order valence-corrected chi connectivity index (χ4v) is 2.75. The molecule has 0 unspecified atom stereocenters. The van der Waals surface area contributed by atoms with Gasteiger partial charge in [0.25, 0.3) is 0 Å². The molecule has 0 bridgehead atoms. The van der Waals surface area contributed by atoms with Crippen LogP contribution in [0.5, 0.6) is 0 Å². The number of rotatable bonds is 7. The number of nitrogens with zero attached hydrogens (tertiary/aromatic N) is 1. The topological polar surface area (TPSA) is 29.5 Å². The van der Waals surface area contributed by atoms with Crippen molar-refractivity contribution < 1.29 is 9.53 Å². The molecular formula is C15H27NO2. The molecule has 1 aliphatic heterocycles. The van der Waals surface area contributed by atoms with Crippen LogP contribution in [-0.2, 0) is 9.53 Å². The zero-order chi connectivity index (χ0) is 13.0. The van der Waals surface area contributed by atoms with Crippen LogP contribution >= 0.6 is 0 Å². The Morgan fingerprint density at radius 3 is 2.50 bits per heavy atom. The molecule has 1 heterocycles. The SMILES string of the molecule is CC(C)CCN(CC1(C=O)CCOCC1)C1CC1. The average Bonchev–Trinajstić information content (AvgIpc) is 3.20. The van der Waals surface area contributed by atoms with Crippen molar-refractivity contribution in [2.24, 2.45) is 11.3 Å². The predicted molar refractivity (Wildman–Crippen MR) is 72.6 cm³/mol. The van der Waals surface area contributed by atoms with Gasteiger partial charge in [-0.15, -0.1) is 0 Å². The first kappa shape index (κ1) is 14.0. The quantitative estimate of drug-likeness (QED) is 0.653. The first-order valence-corrected chi connectivity index (χ1v) is 7.43. The summed E-state index contributed by atoms with van der Waals surface area (Å²) in [7, 11) is 0. The molecule has 2 fully saturated rings. The van der Waals surface area contributed by atoms with Gasteiger partial charge in [-0.2, -0.15) is 0 Å². The van der Waals surface area contributed by atoms with E-state index < -0.39 is 0 Å². The van der Waals surface area contributed by atoms with E-state index in [9.17, 15) is 4.79 Å². The summed E-state index contributed by atoms with van der Waals surface area (Å²) in [5, 5.41) is 0. The van der Waals surface area contributed by atoms with Gasteiger partial charge in [0, 0.05) is 31.2 Å². The summed E-state index contributed by atoms with van der Waals surface area (Å²) in [6, 6.07) is 0.753. The van der Waals surface area contributed by atoms with Gasteiger partial charge in [0.15, 0.2) is 0 Å². The molecule has 2 aliphatic rings. The van der Waals surface area contributed by atoms with E-state index in [0.717, 1.165) is 51.1 Å². The second kappa shape index (κ2) is 6.16. The van der Waals surface area contributed by atoms with Gasteiger partial charge in [-0.25, -0.2) is 0 Å². The Morgan fingerprint density at radius 2 is 2.00 bits per heavy atom. The Balaban J connectivity index is 1.91. The largest absolute Gasteiger partial charge is 0.381 e. The van der Waals surface area contributed by atoms with Gasteiger partial charge in [-0.05, 0) is 44.6 Å². The Hall–Kier alpha value is -0.410. The van der Waals surface area contributed by atoms with Crippen LogP contribution in [-0.4, -0.2) is 43.5 Å². The first-order chi connectivity index (χ1) is 8.65. The highest BCUT2D eigenvalue weighted by Gasteiger charge is 2.38. The van der Waals surface area contributed by atoms with Crippen molar-refractivity contribution in [2.75, 3.05) is 26.3 Å². The third kappa shape index (κ3) is 3.79. The van der Waals surface area contributed by atoms with Crippen molar-refractivity contribution in [1.29, 1.82) is 0 Å². The predicted octanol–water partition coefficient (Wildman–Crippen LogP) is 2.49. The van der Waals surface area contributed by atoms with E-state index in [1.54, 1.807) is 0 Å². The third-order valence-corrected chi connectivity index (χ3v) is 4.31. The van der Waals surface area contributed by atoms with Crippen LogP contribution in [0.2, 0.25) is 0 Å². The van der Waals surface area contributed by atoms with Gasteiger partial charge in [0.05, 0.1) is 0 Å². The van der Waals surface area contributed by atoms with Crippen molar-refractivity contribution >= 4 is 6.29 Å². The lowest BCUT2D eigenvalue weighted by Crippen LogP contribution is -2.44. The molecule has 1 saturated carbocycles. The molecule has 0 aromatic carbocycles. The lowest BCUT2D eigenvalue weighted by Gasteiger charge is -2.37. The number of carbonyl (C=O) groups is 1.